The average molecular weight is 302 g/mol. The first kappa shape index (κ1) is 16.4. The van der Waals surface area contributed by atoms with Gasteiger partial charge in [-0.15, -0.1) is 0 Å². The fourth-order valence-electron chi connectivity index (χ4n) is 2.66. The van der Waals surface area contributed by atoms with Gasteiger partial charge in [-0.2, -0.15) is 0 Å². The second-order valence-electron chi connectivity index (χ2n) is 5.54. The van der Waals surface area contributed by atoms with Gasteiger partial charge in [0.1, 0.15) is 5.75 Å². The van der Waals surface area contributed by atoms with Crippen LogP contribution in [-0.2, 0) is 9.53 Å². The zero-order chi connectivity index (χ0) is 15.8. The Balaban J connectivity index is 2.02. The van der Waals surface area contributed by atoms with Gasteiger partial charge in [-0.3, -0.25) is 9.59 Å². The molecule has 0 heterocycles. The smallest absolute Gasteiger partial charge is 0.188 e. The van der Waals surface area contributed by atoms with Crippen LogP contribution in [-0.4, -0.2) is 25.5 Å². The Kier molecular flexibility index (Phi) is 6.34. The topological polar surface area (TPSA) is 52.6 Å². The van der Waals surface area contributed by atoms with Crippen molar-refractivity contribution in [3.05, 3.63) is 42.0 Å². The van der Waals surface area contributed by atoms with Crippen LogP contribution in [0.15, 0.2) is 36.4 Å². The summed E-state index contributed by atoms with van der Waals surface area (Å²) in [7, 11) is 1.55. The van der Waals surface area contributed by atoms with Gasteiger partial charge < -0.3 is 9.47 Å². The van der Waals surface area contributed by atoms with E-state index in [9.17, 15) is 9.59 Å². The average Bonchev–Trinajstić information content (AvgIpc) is 2.50. The molecule has 1 aromatic carbocycles. The molecule has 2 rings (SSSR count). The fourth-order valence-corrected chi connectivity index (χ4v) is 2.66. The lowest BCUT2D eigenvalue weighted by Gasteiger charge is -2.17. The molecule has 1 aromatic rings. The van der Waals surface area contributed by atoms with E-state index in [1.54, 1.807) is 25.3 Å². The van der Waals surface area contributed by atoms with Crippen LogP contribution in [0.4, 0.5) is 0 Å². The first-order chi connectivity index (χ1) is 10.7. The minimum atomic E-state index is 0.0806. The van der Waals surface area contributed by atoms with Gasteiger partial charge in [0, 0.05) is 20.0 Å². The monoisotopic (exact) mass is 302 g/mol. The van der Waals surface area contributed by atoms with Gasteiger partial charge in [0.2, 0.25) is 0 Å². The minimum absolute atomic E-state index is 0.0806. The zero-order valence-electron chi connectivity index (χ0n) is 12.9. The molecule has 0 spiro atoms. The van der Waals surface area contributed by atoms with E-state index in [-0.39, 0.29) is 24.3 Å². The first-order valence-corrected chi connectivity index (χ1v) is 7.64. The highest BCUT2D eigenvalue weighted by atomic mass is 16.7. The number of benzene rings is 1. The van der Waals surface area contributed by atoms with Crippen molar-refractivity contribution in [1.82, 2.24) is 0 Å². The number of carbonyl (C=O) groups excluding carboxylic acids is 2. The van der Waals surface area contributed by atoms with Crippen LogP contribution in [0.1, 0.15) is 42.5 Å². The molecule has 0 radical (unpaired) electrons. The summed E-state index contributed by atoms with van der Waals surface area (Å²) in [6.45, 7) is 0.124. The van der Waals surface area contributed by atoms with Crippen LogP contribution in [0.25, 0.3) is 0 Å². The van der Waals surface area contributed by atoms with Gasteiger partial charge in [-0.1, -0.05) is 18.2 Å². The van der Waals surface area contributed by atoms with Gasteiger partial charge >= 0.3 is 0 Å². The number of hydrogen-bond acceptors (Lipinski definition) is 4. The lowest BCUT2D eigenvalue weighted by molar-refractivity contribution is -0.114. The van der Waals surface area contributed by atoms with Gasteiger partial charge in [0.15, 0.2) is 18.4 Å². The van der Waals surface area contributed by atoms with Crippen LogP contribution >= 0.6 is 0 Å². The minimum Gasteiger partial charge on any atom is -0.467 e. The largest absolute Gasteiger partial charge is 0.467 e. The van der Waals surface area contributed by atoms with E-state index in [1.165, 1.54) is 0 Å². The number of ether oxygens (including phenoxy) is 2. The summed E-state index contributed by atoms with van der Waals surface area (Å²) in [5, 5.41) is 0. The molecular weight excluding hydrogens is 280 g/mol. The molecule has 0 aliphatic heterocycles. The second-order valence-corrected chi connectivity index (χ2v) is 5.54. The van der Waals surface area contributed by atoms with Crippen molar-refractivity contribution >= 4 is 11.6 Å². The molecule has 0 saturated carbocycles. The first-order valence-electron chi connectivity index (χ1n) is 7.64. The summed E-state index contributed by atoms with van der Waals surface area (Å²) in [5.41, 5.74) is 0.599. The van der Waals surface area contributed by atoms with E-state index < -0.39 is 0 Å². The summed E-state index contributed by atoms with van der Waals surface area (Å²) in [6, 6.07) is 7.24. The standard InChI is InChI=1S/C18H22O4/c1-21-13-22-18-11-3-2-10-16(18)17(20)12-14-6-4-8-15(19)9-5-7-14/h2-4,8,10-11,14H,5-7,9,12-13H2,1H3. The normalized spacial score (nSPS) is 18.6. The lowest BCUT2D eigenvalue weighted by Crippen LogP contribution is -2.12. The third-order valence-corrected chi connectivity index (χ3v) is 3.80. The van der Waals surface area contributed by atoms with Crippen LogP contribution in [0.2, 0.25) is 0 Å². The molecule has 1 aliphatic carbocycles. The Hall–Kier alpha value is -1.94. The van der Waals surface area contributed by atoms with Crippen LogP contribution in [0.3, 0.4) is 0 Å². The molecule has 0 saturated heterocycles. The number of Topliss-reactive ketones (excluding diaryl/α,β-unsaturated/α-hetero) is 1. The molecule has 118 valence electrons. The van der Waals surface area contributed by atoms with Crippen LogP contribution < -0.4 is 4.74 Å². The molecule has 0 aromatic heterocycles. The van der Waals surface area contributed by atoms with E-state index >= 15 is 0 Å². The lowest BCUT2D eigenvalue weighted by atomic mass is 9.88. The summed E-state index contributed by atoms with van der Waals surface area (Å²) in [6.07, 6.45) is 7.13. The van der Waals surface area contributed by atoms with Crippen LogP contribution in [0, 0.1) is 5.92 Å². The maximum Gasteiger partial charge on any atom is 0.188 e. The van der Waals surface area contributed by atoms with Gasteiger partial charge in [-0.05, 0) is 43.4 Å². The summed E-state index contributed by atoms with van der Waals surface area (Å²) in [4.78, 5) is 23.9. The number of hydrogen-bond donors (Lipinski definition) is 0. The van der Waals surface area contributed by atoms with Crippen molar-refractivity contribution in [3.63, 3.8) is 0 Å². The molecule has 1 aliphatic rings. The van der Waals surface area contributed by atoms with E-state index in [2.05, 4.69) is 0 Å². The number of para-hydroxylation sites is 1. The van der Waals surface area contributed by atoms with E-state index in [0.717, 1.165) is 19.3 Å². The highest BCUT2D eigenvalue weighted by Gasteiger charge is 2.19. The number of ketones is 2. The van der Waals surface area contributed by atoms with E-state index in [1.807, 2.05) is 18.2 Å². The highest BCUT2D eigenvalue weighted by Crippen LogP contribution is 2.26. The number of methoxy groups -OCH3 is 1. The Morgan fingerprint density at radius 2 is 2.14 bits per heavy atom. The predicted molar refractivity (Wildman–Crippen MR) is 84.0 cm³/mol. The molecule has 4 nitrogen and oxygen atoms in total. The molecule has 0 amide bonds. The summed E-state index contributed by atoms with van der Waals surface area (Å²) >= 11 is 0. The van der Waals surface area contributed by atoms with Gasteiger partial charge in [0.25, 0.3) is 0 Å². The van der Waals surface area contributed by atoms with E-state index in [4.69, 9.17) is 9.47 Å². The molecule has 0 bridgehead atoms. The number of carbonyl (C=O) groups is 2. The predicted octanol–water partition coefficient (Wildman–Crippen LogP) is 3.56. The molecule has 0 fully saturated rings. The number of rotatable bonds is 6. The molecule has 22 heavy (non-hydrogen) atoms. The van der Waals surface area contributed by atoms with Gasteiger partial charge in [-0.25, -0.2) is 0 Å². The quantitative estimate of drug-likeness (QED) is 0.595. The Morgan fingerprint density at radius 1 is 1.32 bits per heavy atom. The van der Waals surface area contributed by atoms with Crippen molar-refractivity contribution in [3.8, 4) is 5.75 Å². The third-order valence-electron chi connectivity index (χ3n) is 3.80. The molecule has 0 N–H and O–H groups in total. The van der Waals surface area contributed by atoms with E-state index in [0.29, 0.717) is 24.2 Å². The Morgan fingerprint density at radius 3 is 2.95 bits per heavy atom. The highest BCUT2D eigenvalue weighted by molar-refractivity contribution is 5.98. The van der Waals surface area contributed by atoms with Crippen molar-refractivity contribution in [2.75, 3.05) is 13.9 Å². The van der Waals surface area contributed by atoms with Gasteiger partial charge in [0.05, 0.1) is 5.56 Å². The summed E-state index contributed by atoms with van der Waals surface area (Å²) in [5.74, 6) is 1.11. The van der Waals surface area contributed by atoms with Crippen LogP contribution in [0.5, 0.6) is 5.75 Å². The molecule has 1 atom stereocenters. The Labute approximate surface area is 131 Å². The molecule has 4 heteroatoms. The molecular formula is C18H22O4. The van der Waals surface area contributed by atoms with Crippen molar-refractivity contribution in [2.24, 2.45) is 5.92 Å². The van der Waals surface area contributed by atoms with Crippen molar-refractivity contribution in [2.45, 2.75) is 32.1 Å². The number of allylic oxidation sites excluding steroid dienone is 2. The maximum absolute atomic E-state index is 12.5. The van der Waals surface area contributed by atoms with Crippen molar-refractivity contribution in [1.29, 1.82) is 0 Å². The van der Waals surface area contributed by atoms with Crippen molar-refractivity contribution < 1.29 is 19.1 Å². The zero-order valence-corrected chi connectivity index (χ0v) is 12.9. The third kappa shape index (κ3) is 4.81. The second kappa shape index (κ2) is 8.49. The fraction of sp³-hybridized carbons (Fsp3) is 0.444. The maximum atomic E-state index is 12.5. The molecule has 1 unspecified atom stereocenters. The SMILES string of the molecule is COCOc1ccccc1C(=O)CC1CC=CC(=O)CCC1. The Bertz CT molecular complexity index is 548. The summed E-state index contributed by atoms with van der Waals surface area (Å²) < 4.78 is 10.4.